The Morgan fingerprint density at radius 1 is 1.25 bits per heavy atom. The van der Waals surface area contributed by atoms with Gasteiger partial charge in [0.25, 0.3) is 0 Å². The molecular weight excluding hydrogens is 396 g/mol. The van der Waals surface area contributed by atoms with Gasteiger partial charge in [0.2, 0.25) is 15.9 Å². The topological polar surface area (TPSA) is 75.7 Å². The molecule has 1 heterocycles. The van der Waals surface area contributed by atoms with Gasteiger partial charge in [-0.25, -0.2) is 8.42 Å². The average molecular weight is 423 g/mol. The molecule has 1 fully saturated rings. The van der Waals surface area contributed by atoms with E-state index < -0.39 is 16.1 Å². The number of ether oxygens (including phenoxy) is 1. The number of nitrogens with one attached hydrogen (secondary N) is 1. The molecule has 3 rings (SSSR count). The van der Waals surface area contributed by atoms with Crippen molar-refractivity contribution in [2.45, 2.75) is 31.7 Å². The first-order valence-corrected chi connectivity index (χ1v) is 12.0. The van der Waals surface area contributed by atoms with E-state index in [4.69, 9.17) is 4.74 Å². The van der Waals surface area contributed by atoms with Crippen LogP contribution in [0.1, 0.15) is 20.8 Å². The van der Waals surface area contributed by atoms with Gasteiger partial charge in [-0.3, -0.25) is 4.79 Å². The molecule has 1 aliphatic rings. The Labute approximate surface area is 170 Å². The largest absolute Gasteiger partial charge is 0.493 e. The first-order chi connectivity index (χ1) is 13.4. The molecular formula is C20H26N2O4S2. The summed E-state index contributed by atoms with van der Waals surface area (Å²) in [5.41, 5.74) is 0. The summed E-state index contributed by atoms with van der Waals surface area (Å²) in [7, 11) is -3.83. The number of hydrogen-bond acceptors (Lipinski definition) is 5. The minimum absolute atomic E-state index is 0.204. The molecule has 2 aromatic carbocycles. The number of carbonyl (C=O) groups is 1. The van der Waals surface area contributed by atoms with E-state index in [1.54, 1.807) is 18.2 Å². The van der Waals surface area contributed by atoms with Crippen LogP contribution >= 0.6 is 11.8 Å². The Bertz CT molecular complexity index is 960. The number of fused-ring (bicyclic) bond motifs is 1. The van der Waals surface area contributed by atoms with Crippen LogP contribution in [0.5, 0.6) is 5.75 Å². The lowest BCUT2D eigenvalue weighted by atomic mass is 10.1. The number of hydrogen-bond donors (Lipinski definition) is 1. The van der Waals surface area contributed by atoms with Gasteiger partial charge >= 0.3 is 0 Å². The number of amides is 1. The van der Waals surface area contributed by atoms with Crippen molar-refractivity contribution in [3.05, 3.63) is 36.4 Å². The van der Waals surface area contributed by atoms with Crippen molar-refractivity contribution in [1.29, 1.82) is 0 Å². The zero-order chi connectivity index (χ0) is 20.3. The van der Waals surface area contributed by atoms with Crippen molar-refractivity contribution in [3.8, 4) is 5.75 Å². The third kappa shape index (κ3) is 4.14. The van der Waals surface area contributed by atoms with E-state index in [0.29, 0.717) is 36.0 Å². The standard InChI is InChI=1S/C20H26N2O4S2/c1-4-26-18-9-10-19(16-8-6-5-7-15(16)18)28(24,25)22-13-27-12-17(22)20(23)21-11-14(2)3/h5-10,14,17H,4,11-13H2,1-3H3,(H,21,23). The zero-order valence-electron chi connectivity index (χ0n) is 16.3. The highest BCUT2D eigenvalue weighted by atomic mass is 32.2. The minimum Gasteiger partial charge on any atom is -0.493 e. The molecule has 8 heteroatoms. The van der Waals surface area contributed by atoms with E-state index in [-0.39, 0.29) is 16.7 Å². The van der Waals surface area contributed by atoms with Crippen LogP contribution in [0, 0.1) is 5.92 Å². The van der Waals surface area contributed by atoms with E-state index in [1.165, 1.54) is 16.1 Å². The molecule has 1 N–H and O–H groups in total. The summed E-state index contributed by atoms with van der Waals surface area (Å²) in [6.07, 6.45) is 0. The molecule has 0 spiro atoms. The van der Waals surface area contributed by atoms with Crippen LogP contribution < -0.4 is 10.1 Å². The van der Waals surface area contributed by atoms with Gasteiger partial charge in [-0.2, -0.15) is 4.31 Å². The molecule has 1 aliphatic heterocycles. The molecule has 2 aromatic rings. The monoisotopic (exact) mass is 422 g/mol. The van der Waals surface area contributed by atoms with Gasteiger partial charge in [-0.1, -0.05) is 38.1 Å². The minimum atomic E-state index is -3.83. The third-order valence-electron chi connectivity index (χ3n) is 4.56. The molecule has 1 amide bonds. The van der Waals surface area contributed by atoms with Crippen molar-refractivity contribution in [1.82, 2.24) is 9.62 Å². The van der Waals surface area contributed by atoms with Gasteiger partial charge in [-0.15, -0.1) is 11.8 Å². The quantitative estimate of drug-likeness (QED) is 0.742. The van der Waals surface area contributed by atoms with Gasteiger partial charge in [0, 0.05) is 23.1 Å². The van der Waals surface area contributed by atoms with E-state index in [9.17, 15) is 13.2 Å². The lowest BCUT2D eigenvalue weighted by Gasteiger charge is -2.24. The van der Waals surface area contributed by atoms with Gasteiger partial charge in [0.1, 0.15) is 11.8 Å². The number of thioether (sulfide) groups is 1. The maximum Gasteiger partial charge on any atom is 0.245 e. The fraction of sp³-hybridized carbons (Fsp3) is 0.450. The lowest BCUT2D eigenvalue weighted by Crippen LogP contribution is -2.47. The molecule has 152 valence electrons. The SMILES string of the molecule is CCOc1ccc(S(=O)(=O)N2CSCC2C(=O)NCC(C)C)c2ccccc12. The molecule has 0 aliphatic carbocycles. The van der Waals surface area contributed by atoms with E-state index in [0.717, 1.165) is 5.39 Å². The number of rotatable bonds is 7. The van der Waals surface area contributed by atoms with Crippen LogP contribution in [0.25, 0.3) is 10.8 Å². The van der Waals surface area contributed by atoms with E-state index in [1.807, 2.05) is 39.0 Å². The molecule has 0 aromatic heterocycles. The van der Waals surface area contributed by atoms with Gasteiger partial charge in [0.05, 0.1) is 17.4 Å². The fourth-order valence-corrected chi connectivity index (χ4v) is 6.52. The number of carbonyl (C=O) groups excluding carboxylic acids is 1. The highest BCUT2D eigenvalue weighted by Crippen LogP contribution is 2.35. The Morgan fingerprint density at radius 2 is 1.96 bits per heavy atom. The second-order valence-electron chi connectivity index (χ2n) is 7.09. The number of nitrogens with zero attached hydrogens (tertiary/aromatic N) is 1. The summed E-state index contributed by atoms with van der Waals surface area (Å²) in [6, 6.07) is 9.87. The first kappa shape index (κ1) is 21.0. The van der Waals surface area contributed by atoms with Gasteiger partial charge < -0.3 is 10.1 Å². The van der Waals surface area contributed by atoms with Crippen molar-refractivity contribution in [2.75, 3.05) is 24.8 Å². The Hall–Kier alpha value is -1.77. The summed E-state index contributed by atoms with van der Waals surface area (Å²) < 4.78 is 33.9. The summed E-state index contributed by atoms with van der Waals surface area (Å²) in [5.74, 6) is 1.44. The summed E-state index contributed by atoms with van der Waals surface area (Å²) in [4.78, 5) is 12.8. The Morgan fingerprint density at radius 3 is 2.64 bits per heavy atom. The smallest absolute Gasteiger partial charge is 0.245 e. The predicted molar refractivity (Wildman–Crippen MR) is 113 cm³/mol. The highest BCUT2D eigenvalue weighted by molar-refractivity contribution is 8.00. The van der Waals surface area contributed by atoms with Crippen molar-refractivity contribution in [3.63, 3.8) is 0 Å². The molecule has 0 radical (unpaired) electrons. The summed E-state index contributed by atoms with van der Waals surface area (Å²) >= 11 is 1.45. The highest BCUT2D eigenvalue weighted by Gasteiger charge is 2.40. The molecule has 6 nitrogen and oxygen atoms in total. The van der Waals surface area contributed by atoms with Crippen molar-refractivity contribution < 1.29 is 17.9 Å². The molecule has 1 atom stereocenters. The summed E-state index contributed by atoms with van der Waals surface area (Å²) in [5, 5.41) is 4.21. The Balaban J connectivity index is 1.98. The van der Waals surface area contributed by atoms with Gasteiger partial charge in [0.15, 0.2) is 0 Å². The van der Waals surface area contributed by atoms with Gasteiger partial charge in [-0.05, 0) is 25.0 Å². The van der Waals surface area contributed by atoms with Crippen molar-refractivity contribution in [2.24, 2.45) is 5.92 Å². The van der Waals surface area contributed by atoms with Crippen LogP contribution in [-0.2, 0) is 14.8 Å². The maximum atomic E-state index is 13.5. The predicted octanol–water partition coefficient (Wildman–Crippen LogP) is 3.07. The maximum absolute atomic E-state index is 13.5. The second kappa shape index (κ2) is 8.71. The normalized spacial score (nSPS) is 17.9. The summed E-state index contributed by atoms with van der Waals surface area (Å²) in [6.45, 7) is 6.92. The molecule has 28 heavy (non-hydrogen) atoms. The lowest BCUT2D eigenvalue weighted by molar-refractivity contribution is -0.123. The number of sulfonamides is 1. The molecule has 0 saturated carbocycles. The molecule has 0 bridgehead atoms. The molecule has 1 saturated heterocycles. The zero-order valence-corrected chi connectivity index (χ0v) is 18.0. The van der Waals surface area contributed by atoms with Crippen molar-refractivity contribution >= 4 is 38.5 Å². The van der Waals surface area contributed by atoms with Crippen LogP contribution in [0.2, 0.25) is 0 Å². The first-order valence-electron chi connectivity index (χ1n) is 9.38. The van der Waals surface area contributed by atoms with Crippen LogP contribution in [0.15, 0.2) is 41.3 Å². The van der Waals surface area contributed by atoms with Crippen LogP contribution in [-0.4, -0.2) is 49.5 Å². The molecule has 1 unspecified atom stereocenters. The van der Waals surface area contributed by atoms with Crippen LogP contribution in [0.3, 0.4) is 0 Å². The second-order valence-corrected chi connectivity index (χ2v) is 9.95. The van der Waals surface area contributed by atoms with Crippen LogP contribution in [0.4, 0.5) is 0 Å². The third-order valence-corrected chi connectivity index (χ3v) is 7.65. The Kier molecular flexibility index (Phi) is 6.52. The average Bonchev–Trinajstić information content (AvgIpc) is 3.17. The number of benzene rings is 2. The fourth-order valence-electron chi connectivity index (χ4n) is 3.17. The van der Waals surface area contributed by atoms with E-state index in [2.05, 4.69) is 5.32 Å². The van der Waals surface area contributed by atoms with E-state index >= 15 is 0 Å².